The highest BCUT2D eigenvalue weighted by Crippen LogP contribution is 2.39. The third kappa shape index (κ3) is 1.50. The van der Waals surface area contributed by atoms with Gasteiger partial charge < -0.3 is 4.74 Å². The van der Waals surface area contributed by atoms with E-state index in [1.165, 1.54) is 20.0 Å². The van der Waals surface area contributed by atoms with E-state index in [0.717, 1.165) is 30.9 Å². The minimum Gasteiger partial charge on any atom is -0.467 e. The van der Waals surface area contributed by atoms with Crippen molar-refractivity contribution in [3.05, 3.63) is 11.6 Å². The molecule has 1 unspecified atom stereocenters. The van der Waals surface area contributed by atoms with Crippen molar-refractivity contribution in [1.29, 1.82) is 0 Å². The maximum Gasteiger partial charge on any atom is 0.330 e. The standard InChI is InChI=1S/C11H15N3O2/c1-16-11(15)8-3-2-4-9-12-10(7-5-6-7)13-14(8)9/h7-8H,2-6H2,1H3. The molecule has 86 valence electrons. The Morgan fingerprint density at radius 2 is 2.25 bits per heavy atom. The van der Waals surface area contributed by atoms with Crippen LogP contribution in [0, 0.1) is 0 Å². The van der Waals surface area contributed by atoms with E-state index in [9.17, 15) is 4.79 Å². The molecule has 1 aromatic heterocycles. The molecule has 0 saturated heterocycles. The van der Waals surface area contributed by atoms with Crippen molar-refractivity contribution in [2.45, 2.75) is 44.1 Å². The van der Waals surface area contributed by atoms with Gasteiger partial charge in [-0.25, -0.2) is 14.5 Å². The molecule has 1 atom stereocenters. The molecule has 0 radical (unpaired) electrons. The van der Waals surface area contributed by atoms with Crippen molar-refractivity contribution in [3.8, 4) is 0 Å². The Morgan fingerprint density at radius 3 is 2.94 bits per heavy atom. The van der Waals surface area contributed by atoms with Crippen LogP contribution in [-0.2, 0) is 16.0 Å². The first kappa shape index (κ1) is 9.81. The lowest BCUT2D eigenvalue weighted by Gasteiger charge is -2.20. The van der Waals surface area contributed by atoms with Crippen molar-refractivity contribution in [3.63, 3.8) is 0 Å². The van der Waals surface area contributed by atoms with Gasteiger partial charge in [-0.15, -0.1) is 0 Å². The smallest absolute Gasteiger partial charge is 0.330 e. The van der Waals surface area contributed by atoms with Crippen LogP contribution in [0.2, 0.25) is 0 Å². The molecule has 1 aliphatic carbocycles. The topological polar surface area (TPSA) is 57.0 Å². The molecule has 3 rings (SSSR count). The highest BCUT2D eigenvalue weighted by Gasteiger charge is 2.33. The van der Waals surface area contributed by atoms with Gasteiger partial charge in [0.1, 0.15) is 5.82 Å². The van der Waals surface area contributed by atoms with Crippen molar-refractivity contribution >= 4 is 5.97 Å². The summed E-state index contributed by atoms with van der Waals surface area (Å²) in [7, 11) is 1.43. The minimum atomic E-state index is -0.256. The van der Waals surface area contributed by atoms with Crippen LogP contribution < -0.4 is 0 Å². The molecule has 0 spiro atoms. The molecule has 2 heterocycles. The van der Waals surface area contributed by atoms with Crippen LogP contribution in [-0.4, -0.2) is 27.8 Å². The second-order valence-electron chi connectivity index (χ2n) is 4.54. The van der Waals surface area contributed by atoms with E-state index in [2.05, 4.69) is 10.1 Å². The number of aryl methyl sites for hydroxylation is 1. The average molecular weight is 221 g/mol. The van der Waals surface area contributed by atoms with Gasteiger partial charge in [0.2, 0.25) is 0 Å². The Balaban J connectivity index is 1.94. The summed E-state index contributed by atoms with van der Waals surface area (Å²) in [5, 5.41) is 4.47. The van der Waals surface area contributed by atoms with Crippen molar-refractivity contribution < 1.29 is 9.53 Å². The molecular formula is C11H15N3O2. The molecular weight excluding hydrogens is 206 g/mol. The number of aromatic nitrogens is 3. The van der Waals surface area contributed by atoms with Crippen LogP contribution in [0.25, 0.3) is 0 Å². The highest BCUT2D eigenvalue weighted by molar-refractivity contribution is 5.74. The lowest BCUT2D eigenvalue weighted by Crippen LogP contribution is -2.27. The Labute approximate surface area is 93.8 Å². The summed E-state index contributed by atoms with van der Waals surface area (Å²) in [5.74, 6) is 2.21. The van der Waals surface area contributed by atoms with Gasteiger partial charge in [-0.05, 0) is 25.7 Å². The third-order valence-corrected chi connectivity index (χ3v) is 3.31. The van der Waals surface area contributed by atoms with Crippen LogP contribution >= 0.6 is 0 Å². The maximum atomic E-state index is 11.6. The number of ether oxygens (including phenoxy) is 1. The molecule has 2 aliphatic rings. The van der Waals surface area contributed by atoms with Gasteiger partial charge in [0.15, 0.2) is 11.9 Å². The second kappa shape index (κ2) is 3.57. The molecule has 16 heavy (non-hydrogen) atoms. The summed E-state index contributed by atoms with van der Waals surface area (Å²) in [6, 6.07) is -0.256. The Morgan fingerprint density at radius 1 is 1.44 bits per heavy atom. The summed E-state index contributed by atoms with van der Waals surface area (Å²) >= 11 is 0. The molecule has 1 fully saturated rings. The first-order chi connectivity index (χ1) is 7.79. The van der Waals surface area contributed by atoms with E-state index in [0.29, 0.717) is 5.92 Å². The van der Waals surface area contributed by atoms with Crippen LogP contribution in [0.15, 0.2) is 0 Å². The van der Waals surface area contributed by atoms with Crippen molar-refractivity contribution in [1.82, 2.24) is 14.8 Å². The Bertz CT molecular complexity index is 423. The molecule has 0 aromatic carbocycles. The molecule has 1 saturated carbocycles. The maximum absolute atomic E-state index is 11.6. The lowest BCUT2D eigenvalue weighted by atomic mass is 10.1. The average Bonchev–Trinajstić information content (AvgIpc) is 3.07. The molecule has 1 aliphatic heterocycles. The predicted molar refractivity (Wildman–Crippen MR) is 56.0 cm³/mol. The number of rotatable bonds is 2. The number of methoxy groups -OCH3 is 1. The number of hydrogen-bond donors (Lipinski definition) is 0. The number of fused-ring (bicyclic) bond motifs is 1. The van der Waals surface area contributed by atoms with Crippen LogP contribution in [0.3, 0.4) is 0 Å². The Hall–Kier alpha value is -1.39. The fourth-order valence-electron chi connectivity index (χ4n) is 2.24. The zero-order chi connectivity index (χ0) is 11.1. The SMILES string of the molecule is COC(=O)C1CCCc2nc(C3CC3)nn21. The van der Waals surface area contributed by atoms with E-state index in [-0.39, 0.29) is 12.0 Å². The fraction of sp³-hybridized carbons (Fsp3) is 0.727. The van der Waals surface area contributed by atoms with Crippen LogP contribution in [0.1, 0.15) is 49.3 Å². The zero-order valence-corrected chi connectivity index (χ0v) is 9.35. The monoisotopic (exact) mass is 221 g/mol. The molecule has 1 aromatic rings. The summed E-state index contributed by atoms with van der Waals surface area (Å²) in [4.78, 5) is 16.1. The quantitative estimate of drug-likeness (QED) is 0.704. The zero-order valence-electron chi connectivity index (χ0n) is 9.35. The van der Waals surface area contributed by atoms with Gasteiger partial charge in [0.25, 0.3) is 0 Å². The van der Waals surface area contributed by atoms with E-state index in [1.807, 2.05) is 0 Å². The van der Waals surface area contributed by atoms with Crippen molar-refractivity contribution in [2.75, 3.05) is 7.11 Å². The number of nitrogens with zero attached hydrogens (tertiary/aromatic N) is 3. The van der Waals surface area contributed by atoms with Crippen molar-refractivity contribution in [2.24, 2.45) is 0 Å². The van der Waals surface area contributed by atoms with Gasteiger partial charge in [0.05, 0.1) is 7.11 Å². The molecule has 5 nitrogen and oxygen atoms in total. The van der Waals surface area contributed by atoms with Crippen LogP contribution in [0.5, 0.6) is 0 Å². The number of hydrogen-bond acceptors (Lipinski definition) is 4. The van der Waals surface area contributed by atoms with E-state index < -0.39 is 0 Å². The largest absolute Gasteiger partial charge is 0.467 e. The van der Waals surface area contributed by atoms with Gasteiger partial charge in [-0.3, -0.25) is 0 Å². The van der Waals surface area contributed by atoms with E-state index in [1.54, 1.807) is 4.68 Å². The third-order valence-electron chi connectivity index (χ3n) is 3.31. The van der Waals surface area contributed by atoms with Gasteiger partial charge in [-0.2, -0.15) is 5.10 Å². The van der Waals surface area contributed by atoms with Gasteiger partial charge in [0, 0.05) is 12.3 Å². The number of carbonyl (C=O) groups excluding carboxylic acids is 1. The normalized spacial score (nSPS) is 23.9. The highest BCUT2D eigenvalue weighted by atomic mass is 16.5. The first-order valence-electron chi connectivity index (χ1n) is 5.82. The molecule has 0 N–H and O–H groups in total. The summed E-state index contributed by atoms with van der Waals surface area (Å²) in [6.07, 6.45) is 5.10. The molecule has 0 bridgehead atoms. The van der Waals surface area contributed by atoms with Gasteiger partial charge in [-0.1, -0.05) is 0 Å². The number of esters is 1. The summed E-state index contributed by atoms with van der Waals surface area (Å²) in [6.45, 7) is 0. The fourth-order valence-corrected chi connectivity index (χ4v) is 2.24. The van der Waals surface area contributed by atoms with Crippen LogP contribution in [0.4, 0.5) is 0 Å². The number of carbonyl (C=O) groups is 1. The van der Waals surface area contributed by atoms with E-state index >= 15 is 0 Å². The second-order valence-corrected chi connectivity index (χ2v) is 4.54. The molecule has 0 amide bonds. The summed E-state index contributed by atoms with van der Waals surface area (Å²) < 4.78 is 6.59. The summed E-state index contributed by atoms with van der Waals surface area (Å²) in [5.41, 5.74) is 0. The lowest BCUT2D eigenvalue weighted by molar-refractivity contribution is -0.145. The first-order valence-corrected chi connectivity index (χ1v) is 5.82. The predicted octanol–water partition coefficient (Wildman–Crippen LogP) is 1.21. The minimum absolute atomic E-state index is 0.201. The molecule has 5 heteroatoms. The van der Waals surface area contributed by atoms with E-state index in [4.69, 9.17) is 4.74 Å². The van der Waals surface area contributed by atoms with Gasteiger partial charge >= 0.3 is 5.97 Å². The Kier molecular flexibility index (Phi) is 2.19.